The van der Waals surface area contributed by atoms with Gasteiger partial charge in [-0.05, 0) is 12.8 Å². The molecule has 0 saturated heterocycles. The van der Waals surface area contributed by atoms with Gasteiger partial charge in [-0.3, -0.25) is 13.8 Å². The van der Waals surface area contributed by atoms with Crippen molar-refractivity contribution in [3.05, 3.63) is 0 Å². The highest BCUT2D eigenvalue weighted by Crippen LogP contribution is 2.47. The van der Waals surface area contributed by atoms with Crippen LogP contribution in [-0.2, 0) is 27.9 Å². The maximum absolute atomic E-state index is 12.6. The molecule has 0 spiro atoms. The lowest BCUT2D eigenvalue weighted by Crippen LogP contribution is -2.64. The molecule has 13 heteroatoms. The molecule has 0 radical (unpaired) electrons. The van der Waals surface area contributed by atoms with Gasteiger partial charge in [-0.2, -0.15) is 0 Å². The monoisotopic (exact) mass is 656 g/mol. The first-order valence-corrected chi connectivity index (χ1v) is 18.4. The molecule has 0 aliphatic heterocycles. The number of esters is 1. The van der Waals surface area contributed by atoms with Gasteiger partial charge in [-0.1, -0.05) is 110 Å². The summed E-state index contributed by atoms with van der Waals surface area (Å²) in [4.78, 5) is 22.7. The average molecular weight is 657 g/mol. The van der Waals surface area contributed by atoms with Crippen LogP contribution in [0.5, 0.6) is 0 Å². The summed E-state index contributed by atoms with van der Waals surface area (Å²) in [5, 5.41) is 49.7. The molecule has 0 bridgehead atoms. The van der Waals surface area contributed by atoms with Crippen molar-refractivity contribution < 1.29 is 58.3 Å². The standard InChI is InChI=1S/C31H61O12P/c1-3-5-7-9-11-12-13-15-17-19-21-40-22-24(42-25(32)20-18-16-14-10-8-6-4-2)23-41-44(38,39)43-31-29(36)27(34)26(33)28(35)30(31)37/h24,26-31,33-37H,3-23H2,1-2H3,(H,38,39). The number of aliphatic hydroxyl groups is 5. The number of carbonyl (C=O) groups is 1. The maximum atomic E-state index is 12.6. The minimum absolute atomic E-state index is 0.0709. The highest BCUT2D eigenvalue weighted by atomic mass is 31.2. The fourth-order valence-corrected chi connectivity index (χ4v) is 6.15. The molecule has 12 nitrogen and oxygen atoms in total. The Hall–Kier alpha value is -0.660. The first-order chi connectivity index (χ1) is 21.0. The minimum atomic E-state index is -4.99. The summed E-state index contributed by atoms with van der Waals surface area (Å²) in [7, 11) is -4.99. The van der Waals surface area contributed by atoms with E-state index in [1.807, 2.05) is 0 Å². The van der Waals surface area contributed by atoms with Crippen LogP contribution in [0.3, 0.4) is 0 Å². The Balaban J connectivity index is 2.53. The zero-order chi connectivity index (χ0) is 32.8. The van der Waals surface area contributed by atoms with Gasteiger partial charge in [0.25, 0.3) is 0 Å². The molecule has 6 atom stereocenters. The predicted molar refractivity (Wildman–Crippen MR) is 166 cm³/mol. The van der Waals surface area contributed by atoms with Crippen LogP contribution in [0.2, 0.25) is 0 Å². The second-order valence-corrected chi connectivity index (χ2v) is 13.4. The number of rotatable bonds is 27. The molecule has 0 aromatic heterocycles. The van der Waals surface area contributed by atoms with Crippen LogP contribution in [0.25, 0.3) is 0 Å². The molecule has 0 amide bonds. The highest BCUT2D eigenvalue weighted by molar-refractivity contribution is 7.47. The van der Waals surface area contributed by atoms with E-state index in [1.165, 1.54) is 57.8 Å². The Morgan fingerprint density at radius 2 is 1.07 bits per heavy atom. The minimum Gasteiger partial charge on any atom is -0.457 e. The molecule has 0 aromatic carbocycles. The molecule has 6 N–H and O–H groups in total. The van der Waals surface area contributed by atoms with Crippen molar-refractivity contribution in [1.29, 1.82) is 0 Å². The largest absolute Gasteiger partial charge is 0.472 e. The normalized spacial score (nSPS) is 25.9. The zero-order valence-electron chi connectivity index (χ0n) is 27.0. The Kier molecular flexibility index (Phi) is 23.0. The SMILES string of the molecule is CCCCCCCCCCCCOCC(COP(=O)(O)OC1C(O)C(O)C(O)C(O)C1O)OC(=O)CCCCCCCCC. The summed E-state index contributed by atoms with van der Waals surface area (Å²) in [6.45, 7) is 4.15. The summed E-state index contributed by atoms with van der Waals surface area (Å²) in [5.41, 5.74) is 0. The third kappa shape index (κ3) is 17.9. The van der Waals surface area contributed by atoms with Gasteiger partial charge in [0.15, 0.2) is 0 Å². The van der Waals surface area contributed by atoms with E-state index in [9.17, 15) is 39.8 Å². The zero-order valence-corrected chi connectivity index (χ0v) is 27.9. The van der Waals surface area contributed by atoms with Gasteiger partial charge in [0, 0.05) is 13.0 Å². The van der Waals surface area contributed by atoms with E-state index in [2.05, 4.69) is 13.8 Å². The Morgan fingerprint density at radius 1 is 0.636 bits per heavy atom. The topological polar surface area (TPSA) is 192 Å². The van der Waals surface area contributed by atoms with Crippen molar-refractivity contribution in [3.63, 3.8) is 0 Å². The maximum Gasteiger partial charge on any atom is 0.472 e. The molecular weight excluding hydrogens is 595 g/mol. The average Bonchev–Trinajstić information content (AvgIpc) is 3.00. The second-order valence-electron chi connectivity index (χ2n) is 12.0. The van der Waals surface area contributed by atoms with Crippen LogP contribution in [0.1, 0.15) is 129 Å². The van der Waals surface area contributed by atoms with E-state index >= 15 is 0 Å². The number of hydrogen-bond acceptors (Lipinski definition) is 11. The highest BCUT2D eigenvalue weighted by Gasteiger charge is 2.51. The number of phosphoric acid groups is 1. The molecule has 1 aliphatic carbocycles. The fraction of sp³-hybridized carbons (Fsp3) is 0.968. The summed E-state index contributed by atoms with van der Waals surface area (Å²) >= 11 is 0. The number of phosphoric ester groups is 1. The lowest BCUT2D eigenvalue weighted by atomic mass is 9.85. The molecule has 1 saturated carbocycles. The molecular formula is C31H61O12P. The first-order valence-electron chi connectivity index (χ1n) is 16.9. The van der Waals surface area contributed by atoms with E-state index in [1.54, 1.807) is 0 Å². The third-order valence-corrected chi connectivity index (χ3v) is 8.97. The summed E-state index contributed by atoms with van der Waals surface area (Å²) in [5.74, 6) is -0.484. The van der Waals surface area contributed by atoms with E-state index in [4.69, 9.17) is 18.5 Å². The second kappa shape index (κ2) is 24.5. The molecule has 6 unspecified atom stereocenters. The van der Waals surface area contributed by atoms with Gasteiger partial charge >= 0.3 is 13.8 Å². The Labute approximate surface area is 264 Å². The lowest BCUT2D eigenvalue weighted by Gasteiger charge is -2.41. The number of carbonyl (C=O) groups excluding carboxylic acids is 1. The van der Waals surface area contributed by atoms with E-state index in [0.717, 1.165) is 44.9 Å². The van der Waals surface area contributed by atoms with Gasteiger partial charge in [0.05, 0.1) is 13.2 Å². The van der Waals surface area contributed by atoms with Crippen LogP contribution in [0.15, 0.2) is 0 Å². The molecule has 1 fully saturated rings. The summed E-state index contributed by atoms with van der Waals surface area (Å²) in [6, 6.07) is 0. The van der Waals surface area contributed by atoms with E-state index in [0.29, 0.717) is 13.0 Å². The molecule has 1 aliphatic rings. The van der Waals surface area contributed by atoms with Crippen LogP contribution in [-0.4, -0.2) is 98.9 Å². The molecule has 262 valence electrons. The van der Waals surface area contributed by atoms with Crippen molar-refractivity contribution in [3.8, 4) is 0 Å². The van der Waals surface area contributed by atoms with Crippen molar-refractivity contribution in [2.24, 2.45) is 0 Å². The Morgan fingerprint density at radius 3 is 1.57 bits per heavy atom. The number of ether oxygens (including phenoxy) is 2. The van der Waals surface area contributed by atoms with Gasteiger partial charge in [-0.25, -0.2) is 4.57 Å². The lowest BCUT2D eigenvalue weighted by molar-refractivity contribution is -0.220. The Bertz CT molecular complexity index is 756. The smallest absolute Gasteiger partial charge is 0.457 e. The van der Waals surface area contributed by atoms with Gasteiger partial charge in [0.1, 0.15) is 42.7 Å². The fourth-order valence-electron chi connectivity index (χ4n) is 5.18. The van der Waals surface area contributed by atoms with Gasteiger partial charge in [0.2, 0.25) is 0 Å². The molecule has 0 heterocycles. The van der Waals surface area contributed by atoms with Crippen molar-refractivity contribution in [2.75, 3.05) is 19.8 Å². The molecule has 0 aromatic rings. The van der Waals surface area contributed by atoms with Crippen molar-refractivity contribution >= 4 is 13.8 Å². The summed E-state index contributed by atoms with van der Waals surface area (Å²) < 4.78 is 33.7. The molecule has 44 heavy (non-hydrogen) atoms. The van der Waals surface area contributed by atoms with Crippen molar-refractivity contribution in [2.45, 2.75) is 172 Å². The van der Waals surface area contributed by atoms with Crippen LogP contribution in [0, 0.1) is 0 Å². The third-order valence-electron chi connectivity index (χ3n) is 7.98. The number of hydrogen-bond donors (Lipinski definition) is 6. The summed E-state index contributed by atoms with van der Waals surface area (Å²) in [6.07, 6.45) is 6.55. The van der Waals surface area contributed by atoms with E-state index < -0.39 is 63.1 Å². The van der Waals surface area contributed by atoms with Gasteiger partial charge < -0.3 is 39.9 Å². The first kappa shape index (κ1) is 41.4. The van der Waals surface area contributed by atoms with Crippen LogP contribution >= 0.6 is 7.82 Å². The van der Waals surface area contributed by atoms with Crippen LogP contribution < -0.4 is 0 Å². The quantitative estimate of drug-likeness (QED) is 0.0418. The van der Waals surface area contributed by atoms with Crippen molar-refractivity contribution in [1.82, 2.24) is 0 Å². The number of aliphatic hydroxyl groups excluding tert-OH is 5. The predicted octanol–water partition coefficient (Wildman–Crippen LogP) is 4.30. The van der Waals surface area contributed by atoms with E-state index in [-0.39, 0.29) is 13.0 Å². The number of unbranched alkanes of at least 4 members (excludes halogenated alkanes) is 15. The van der Waals surface area contributed by atoms with Gasteiger partial charge in [-0.15, -0.1) is 0 Å². The molecule has 1 rings (SSSR count). The van der Waals surface area contributed by atoms with Crippen LogP contribution in [0.4, 0.5) is 0 Å².